The van der Waals surface area contributed by atoms with E-state index in [1.54, 1.807) is 0 Å². The number of hydrogen-bond acceptors (Lipinski definition) is 3. The van der Waals surface area contributed by atoms with Crippen LogP contribution in [0.1, 0.15) is 0 Å². The van der Waals surface area contributed by atoms with Crippen molar-refractivity contribution in [2.75, 3.05) is 9.80 Å². The van der Waals surface area contributed by atoms with Gasteiger partial charge in [0.2, 0.25) is 11.4 Å². The highest BCUT2D eigenvalue weighted by Gasteiger charge is 2.21. The van der Waals surface area contributed by atoms with Crippen LogP contribution < -0.4 is 18.9 Å². The molecule has 0 radical (unpaired) electrons. The fourth-order valence-electron chi connectivity index (χ4n) is 11.9. The highest BCUT2D eigenvalue weighted by Crippen LogP contribution is 2.41. The first-order valence-corrected chi connectivity index (χ1v) is 26.3. The normalized spacial score (nSPS) is 11.8. The number of benzene rings is 9. The van der Waals surface area contributed by atoms with E-state index >= 15 is 0 Å². The van der Waals surface area contributed by atoms with Crippen molar-refractivity contribution in [3.05, 3.63) is 268 Å². The average Bonchev–Trinajstić information content (AvgIpc) is 4.32. The summed E-state index contributed by atoms with van der Waals surface area (Å²) >= 11 is 0. The Morgan fingerprint density at radius 3 is 1.29 bits per heavy atom. The molecule has 0 bridgehead atoms. The smallest absolute Gasteiger partial charge is 0.210 e. The van der Waals surface area contributed by atoms with E-state index in [9.17, 15) is 0 Å². The third kappa shape index (κ3) is 7.06. The quantitative estimate of drug-likeness (QED) is 0.126. The van der Waals surface area contributed by atoms with Gasteiger partial charge in [-0.2, -0.15) is 9.13 Å². The van der Waals surface area contributed by atoms with Crippen molar-refractivity contribution in [1.29, 1.82) is 0 Å². The molecule has 9 heteroatoms. The zero-order valence-electron chi connectivity index (χ0n) is 42.1. The van der Waals surface area contributed by atoms with Crippen LogP contribution >= 0.6 is 0 Å². The number of hydrogen-bond donors (Lipinski definition) is 3. The van der Waals surface area contributed by atoms with Crippen LogP contribution in [-0.2, 0) is 0 Å². The van der Waals surface area contributed by atoms with E-state index in [1.165, 1.54) is 32.6 Å². The molecule has 3 N–H and O–H groups in total. The van der Waals surface area contributed by atoms with Gasteiger partial charge >= 0.3 is 0 Å². The fourth-order valence-corrected chi connectivity index (χ4v) is 11.9. The number of anilines is 6. The zero-order valence-corrected chi connectivity index (χ0v) is 42.1. The van der Waals surface area contributed by atoms with Crippen LogP contribution in [-0.4, -0.2) is 24.5 Å². The Labute approximate surface area is 447 Å². The maximum absolute atomic E-state index is 4.58. The molecule has 7 heterocycles. The topological polar surface area (TPSA) is 79.4 Å². The van der Waals surface area contributed by atoms with E-state index in [-0.39, 0.29) is 0 Å². The Morgan fingerprint density at radius 1 is 0.321 bits per heavy atom. The van der Waals surface area contributed by atoms with E-state index in [0.29, 0.717) is 0 Å². The number of nitrogens with one attached hydrogen (secondary N) is 3. The lowest BCUT2D eigenvalue weighted by Gasteiger charge is -2.25. The summed E-state index contributed by atoms with van der Waals surface area (Å²) in [7, 11) is 0. The molecular formula is C69H47N9+2. The minimum atomic E-state index is 0.891. The van der Waals surface area contributed by atoms with E-state index in [4.69, 9.17) is 0 Å². The number of nitrogens with zero attached hydrogens (tertiary/aromatic N) is 6. The maximum atomic E-state index is 4.58. The van der Waals surface area contributed by atoms with Crippen LogP contribution in [0.25, 0.3) is 104 Å². The van der Waals surface area contributed by atoms with Gasteiger partial charge in [0.15, 0.2) is 24.8 Å². The summed E-state index contributed by atoms with van der Waals surface area (Å²) < 4.78 is 6.83. The number of para-hydroxylation sites is 4. The Morgan fingerprint density at radius 2 is 0.744 bits per heavy atom. The van der Waals surface area contributed by atoms with E-state index in [2.05, 4.69) is 299 Å². The molecule has 7 aromatic heterocycles. The first-order valence-electron chi connectivity index (χ1n) is 26.3. The molecule has 0 aliphatic heterocycles. The molecular weight excluding hydrogens is 955 g/mol. The van der Waals surface area contributed by atoms with Gasteiger partial charge in [0.1, 0.15) is 5.65 Å². The molecule has 0 aliphatic carbocycles. The number of aromatic nitrogens is 7. The summed E-state index contributed by atoms with van der Waals surface area (Å²) in [5.74, 6) is 0. The number of pyridine rings is 3. The average molecular weight is 1000 g/mol. The summed E-state index contributed by atoms with van der Waals surface area (Å²) in [6.45, 7) is 0. The zero-order chi connectivity index (χ0) is 51.3. The second-order valence-electron chi connectivity index (χ2n) is 20.1. The van der Waals surface area contributed by atoms with Crippen molar-refractivity contribution in [3.63, 3.8) is 0 Å². The minimum absolute atomic E-state index is 0.891. The van der Waals surface area contributed by atoms with Crippen LogP contribution in [0.5, 0.6) is 0 Å². The minimum Gasteiger partial charge on any atom is -0.354 e. The third-order valence-electron chi connectivity index (χ3n) is 15.6. The van der Waals surface area contributed by atoms with Gasteiger partial charge in [-0.15, -0.1) is 0 Å². The van der Waals surface area contributed by atoms with Crippen LogP contribution in [0.15, 0.2) is 268 Å². The predicted octanol–water partition coefficient (Wildman–Crippen LogP) is 16.6. The number of H-pyrrole nitrogens is 3. The van der Waals surface area contributed by atoms with Crippen LogP contribution in [0, 0.1) is 0 Å². The van der Waals surface area contributed by atoms with E-state index < -0.39 is 0 Å². The molecule has 0 atom stereocenters. The van der Waals surface area contributed by atoms with Crippen molar-refractivity contribution in [2.45, 2.75) is 0 Å². The molecule has 366 valence electrons. The third-order valence-corrected chi connectivity index (χ3v) is 15.6. The largest absolute Gasteiger partial charge is 0.354 e. The molecule has 9 nitrogen and oxygen atoms in total. The summed E-state index contributed by atoms with van der Waals surface area (Å²) in [5, 5.41) is 9.40. The molecule has 9 aromatic carbocycles. The first kappa shape index (κ1) is 43.6. The molecule has 0 spiro atoms. The van der Waals surface area contributed by atoms with Gasteiger partial charge in [-0.1, -0.05) is 72.8 Å². The molecule has 0 saturated carbocycles. The van der Waals surface area contributed by atoms with Crippen molar-refractivity contribution >= 4 is 121 Å². The Hall–Kier alpha value is -10.8. The predicted molar refractivity (Wildman–Crippen MR) is 319 cm³/mol. The summed E-state index contributed by atoms with van der Waals surface area (Å²) in [6, 6.07) is 84.8. The number of fused-ring (bicyclic) bond motifs is 12. The molecule has 0 aliphatic rings. The highest BCUT2D eigenvalue weighted by atomic mass is 15.1. The highest BCUT2D eigenvalue weighted by molar-refractivity contribution is 6.12. The van der Waals surface area contributed by atoms with E-state index in [0.717, 1.165) is 106 Å². The second-order valence-corrected chi connectivity index (χ2v) is 20.1. The molecule has 0 unspecified atom stereocenters. The molecule has 16 aromatic rings. The number of aromatic amines is 3. The lowest BCUT2D eigenvalue weighted by atomic mass is 10.1. The standard InChI is InChI=1S/C69H45N9/c1-3-12-47(13-4-1)76(51-30-34-64-57(40-51)56-18-11-37-70-69(56)73-64)49-25-21-45(22-26-49)74-38-35-65-60(43-74)58-41-52(29-32-62(58)71-65)77(48-14-5-2-6-15-48)50-27-23-46(24-28-50)75-39-36-66-61(44-75)59-42-53(31-33-63(59)72-66)78-67-19-9-7-16-54(67)55-17-8-10-20-68(55)78/h1-44H,(H,70,73)/p+2. The van der Waals surface area contributed by atoms with Gasteiger partial charge in [-0.25, -0.2) is 4.98 Å². The van der Waals surface area contributed by atoms with Crippen molar-refractivity contribution in [2.24, 2.45) is 0 Å². The summed E-state index contributed by atoms with van der Waals surface area (Å²) in [5.41, 5.74) is 18.4. The lowest BCUT2D eigenvalue weighted by molar-refractivity contribution is -0.594. The van der Waals surface area contributed by atoms with Gasteiger partial charge in [0.05, 0.1) is 32.8 Å². The Kier molecular flexibility index (Phi) is 9.73. The van der Waals surface area contributed by atoms with Gasteiger partial charge in [-0.05, 0) is 127 Å². The van der Waals surface area contributed by atoms with Crippen LogP contribution in [0.3, 0.4) is 0 Å². The molecule has 16 rings (SSSR count). The summed E-state index contributed by atoms with van der Waals surface area (Å²) in [6.07, 6.45) is 10.6. The molecule has 0 fully saturated rings. The van der Waals surface area contributed by atoms with E-state index in [1.807, 2.05) is 12.3 Å². The van der Waals surface area contributed by atoms with Gasteiger partial charge < -0.3 is 29.3 Å². The second kappa shape index (κ2) is 17.4. The monoisotopic (exact) mass is 1000 g/mol. The van der Waals surface area contributed by atoms with Gasteiger partial charge in [-0.3, -0.25) is 0 Å². The van der Waals surface area contributed by atoms with Crippen LogP contribution in [0.4, 0.5) is 34.1 Å². The fraction of sp³-hybridized carbons (Fsp3) is 0. The summed E-state index contributed by atoms with van der Waals surface area (Å²) in [4.78, 5) is 20.1. The van der Waals surface area contributed by atoms with Crippen molar-refractivity contribution in [1.82, 2.24) is 24.5 Å². The Balaban J connectivity index is 0.730. The molecule has 0 amide bonds. The first-order chi connectivity index (χ1) is 38.6. The Bertz CT molecular complexity index is 4920. The molecule has 78 heavy (non-hydrogen) atoms. The number of rotatable bonds is 9. The SMILES string of the molecule is c1ccc(N(c2ccc(-[n+]3ccc4[nH]c5ccc(-n6c7ccccc7c7ccccc76)cc5c4c3)cc2)c2ccc3[nH]c4cc[n+](-c5ccc(N(c6ccccc6)c6ccc7[nH]c8ncccc8c7c6)cc5)cc4c3c2)cc1. The lowest BCUT2D eigenvalue weighted by Crippen LogP contribution is -2.29. The molecule has 0 saturated heterocycles. The maximum Gasteiger partial charge on any atom is 0.210 e. The van der Waals surface area contributed by atoms with Crippen molar-refractivity contribution in [3.8, 4) is 17.1 Å². The van der Waals surface area contributed by atoms with Gasteiger partial charge in [0, 0.05) is 131 Å². The van der Waals surface area contributed by atoms with Crippen molar-refractivity contribution < 1.29 is 9.13 Å². The van der Waals surface area contributed by atoms with Gasteiger partial charge in [0.25, 0.3) is 0 Å². The van der Waals surface area contributed by atoms with Crippen LogP contribution in [0.2, 0.25) is 0 Å².